The zero-order valence-corrected chi connectivity index (χ0v) is 17.4. The van der Waals surface area contributed by atoms with Crippen LogP contribution in [0.4, 0.5) is 0 Å². The number of nitrogens with zero attached hydrogens (tertiary/aromatic N) is 1. The van der Waals surface area contributed by atoms with Gasteiger partial charge in [-0.15, -0.1) is 0 Å². The van der Waals surface area contributed by atoms with Crippen LogP contribution in [0.15, 0.2) is 42.6 Å². The Morgan fingerprint density at radius 1 is 0.667 bits per heavy atom. The Balaban J connectivity index is 1.68. The van der Waals surface area contributed by atoms with Gasteiger partial charge in [-0.25, -0.2) is 0 Å². The summed E-state index contributed by atoms with van der Waals surface area (Å²) in [7, 11) is 0. The Labute approximate surface area is 166 Å². The first kappa shape index (κ1) is 21.5. The summed E-state index contributed by atoms with van der Waals surface area (Å²) in [5.41, 5.74) is 3.90. The Bertz CT molecular complexity index is 603. The van der Waals surface area contributed by atoms with Crippen molar-refractivity contribution in [2.45, 2.75) is 84.5 Å². The van der Waals surface area contributed by atoms with Crippen LogP contribution < -0.4 is 4.74 Å². The molecule has 0 unspecified atom stereocenters. The fourth-order valence-electron chi connectivity index (χ4n) is 3.25. The van der Waals surface area contributed by atoms with Gasteiger partial charge in [-0.2, -0.15) is 0 Å². The van der Waals surface area contributed by atoms with Crippen LogP contribution in [0, 0.1) is 0 Å². The molecule has 0 spiro atoms. The minimum atomic E-state index is 0.821. The molecule has 1 heterocycles. The van der Waals surface area contributed by atoms with Crippen LogP contribution in [0.3, 0.4) is 0 Å². The number of rotatable bonds is 14. The van der Waals surface area contributed by atoms with Gasteiger partial charge < -0.3 is 4.74 Å². The summed E-state index contributed by atoms with van der Waals surface area (Å²) in [5.74, 6) is 0.983. The van der Waals surface area contributed by atoms with Crippen molar-refractivity contribution in [3.63, 3.8) is 0 Å². The number of hydrogen-bond donors (Lipinski definition) is 0. The highest BCUT2D eigenvalue weighted by molar-refractivity contribution is 5.28. The molecular formula is C25H37NO. The summed E-state index contributed by atoms with van der Waals surface area (Å²) in [4.78, 5) is 4.66. The summed E-state index contributed by atoms with van der Waals surface area (Å²) in [5, 5.41) is 0. The highest BCUT2D eigenvalue weighted by Gasteiger charge is 2.00. The molecule has 2 heteroatoms. The molecule has 0 saturated carbocycles. The van der Waals surface area contributed by atoms with Gasteiger partial charge >= 0.3 is 0 Å². The van der Waals surface area contributed by atoms with E-state index in [0.717, 1.165) is 38.0 Å². The lowest BCUT2D eigenvalue weighted by atomic mass is 10.0. The third-order valence-electron chi connectivity index (χ3n) is 5.06. The van der Waals surface area contributed by atoms with E-state index in [4.69, 9.17) is 4.74 Å². The highest BCUT2D eigenvalue weighted by Crippen LogP contribution is 2.15. The van der Waals surface area contributed by atoms with E-state index in [1.807, 2.05) is 0 Å². The molecule has 0 amide bonds. The summed E-state index contributed by atoms with van der Waals surface area (Å²) in [6.07, 6.45) is 15.5. The van der Waals surface area contributed by atoms with E-state index in [2.05, 4.69) is 61.4 Å². The summed E-state index contributed by atoms with van der Waals surface area (Å²) >= 11 is 0. The van der Waals surface area contributed by atoms with Gasteiger partial charge in [0.05, 0.1) is 6.61 Å². The second-order valence-electron chi connectivity index (χ2n) is 7.52. The van der Waals surface area contributed by atoms with Gasteiger partial charge in [0.2, 0.25) is 0 Å². The minimum Gasteiger partial charge on any atom is -0.494 e. The van der Waals surface area contributed by atoms with Gasteiger partial charge in [-0.3, -0.25) is 4.98 Å². The Morgan fingerprint density at radius 2 is 1.37 bits per heavy atom. The second kappa shape index (κ2) is 13.4. The van der Waals surface area contributed by atoms with Crippen molar-refractivity contribution in [3.05, 3.63) is 59.4 Å². The van der Waals surface area contributed by atoms with E-state index in [1.165, 1.54) is 61.8 Å². The standard InChI is InChI=1S/C25H37NO/c1-3-5-7-8-9-11-23-13-17-24(26-21-23)16-12-22-14-18-25(19-15-22)27-20-10-6-4-2/h13-15,17-19,21H,3-12,16,20H2,1-2H3. The molecule has 0 bridgehead atoms. The molecule has 0 aliphatic heterocycles. The maximum atomic E-state index is 5.78. The van der Waals surface area contributed by atoms with E-state index in [9.17, 15) is 0 Å². The molecule has 1 aromatic carbocycles. The van der Waals surface area contributed by atoms with Gasteiger partial charge in [0.25, 0.3) is 0 Å². The number of unbranched alkanes of at least 4 members (excludes halogenated alkanes) is 6. The van der Waals surface area contributed by atoms with Crippen LogP contribution in [0.2, 0.25) is 0 Å². The third kappa shape index (κ3) is 9.08. The molecule has 0 fully saturated rings. The predicted octanol–water partition coefficient (Wildman–Crippen LogP) is 6.95. The number of pyridine rings is 1. The summed E-state index contributed by atoms with van der Waals surface area (Å²) in [6.45, 7) is 5.30. The van der Waals surface area contributed by atoms with Gasteiger partial charge in [-0.05, 0) is 61.4 Å². The van der Waals surface area contributed by atoms with Gasteiger partial charge in [-0.1, -0.05) is 70.6 Å². The predicted molar refractivity (Wildman–Crippen MR) is 116 cm³/mol. The van der Waals surface area contributed by atoms with Crippen LogP contribution in [0.1, 0.15) is 82.0 Å². The SMILES string of the molecule is CCCCCCCc1ccc(CCc2ccc(OCCCCC)cc2)nc1. The zero-order valence-electron chi connectivity index (χ0n) is 17.4. The topological polar surface area (TPSA) is 22.1 Å². The normalized spacial score (nSPS) is 10.9. The fraction of sp³-hybridized carbons (Fsp3) is 0.560. The van der Waals surface area contributed by atoms with E-state index in [1.54, 1.807) is 0 Å². The molecule has 2 nitrogen and oxygen atoms in total. The van der Waals surface area contributed by atoms with Crippen LogP contribution in [-0.2, 0) is 19.3 Å². The Kier molecular flexibility index (Phi) is 10.6. The summed E-state index contributed by atoms with van der Waals surface area (Å²) in [6, 6.07) is 13.0. The third-order valence-corrected chi connectivity index (χ3v) is 5.06. The number of hydrogen-bond acceptors (Lipinski definition) is 2. The lowest BCUT2D eigenvalue weighted by Gasteiger charge is -2.07. The smallest absolute Gasteiger partial charge is 0.119 e. The first-order valence-corrected chi connectivity index (χ1v) is 11.0. The van der Waals surface area contributed by atoms with Crippen molar-refractivity contribution in [1.29, 1.82) is 0 Å². The quantitative estimate of drug-likeness (QED) is 0.337. The van der Waals surface area contributed by atoms with Crippen molar-refractivity contribution in [2.24, 2.45) is 0 Å². The largest absolute Gasteiger partial charge is 0.494 e. The van der Waals surface area contributed by atoms with Crippen LogP contribution in [-0.4, -0.2) is 11.6 Å². The minimum absolute atomic E-state index is 0.821. The number of aryl methyl sites for hydroxylation is 3. The average molecular weight is 368 g/mol. The molecule has 0 saturated heterocycles. The van der Waals surface area contributed by atoms with Gasteiger partial charge in [0.15, 0.2) is 0 Å². The second-order valence-corrected chi connectivity index (χ2v) is 7.52. The molecule has 148 valence electrons. The lowest BCUT2D eigenvalue weighted by molar-refractivity contribution is 0.306. The van der Waals surface area contributed by atoms with Crippen molar-refractivity contribution in [2.75, 3.05) is 6.61 Å². The van der Waals surface area contributed by atoms with Crippen molar-refractivity contribution in [1.82, 2.24) is 4.98 Å². The van der Waals surface area contributed by atoms with E-state index < -0.39 is 0 Å². The van der Waals surface area contributed by atoms with Crippen molar-refractivity contribution in [3.8, 4) is 5.75 Å². The number of ether oxygens (including phenoxy) is 1. The van der Waals surface area contributed by atoms with Crippen LogP contribution >= 0.6 is 0 Å². The van der Waals surface area contributed by atoms with Gasteiger partial charge in [0.1, 0.15) is 5.75 Å². The molecule has 0 atom stereocenters. The fourth-order valence-corrected chi connectivity index (χ4v) is 3.25. The van der Waals surface area contributed by atoms with Gasteiger partial charge in [0, 0.05) is 11.9 Å². The van der Waals surface area contributed by atoms with E-state index >= 15 is 0 Å². The van der Waals surface area contributed by atoms with Crippen LogP contribution in [0.5, 0.6) is 5.75 Å². The summed E-state index contributed by atoms with van der Waals surface area (Å²) < 4.78 is 5.78. The molecule has 0 N–H and O–H groups in total. The van der Waals surface area contributed by atoms with Crippen molar-refractivity contribution < 1.29 is 4.74 Å². The lowest BCUT2D eigenvalue weighted by Crippen LogP contribution is -1.98. The molecule has 0 aliphatic carbocycles. The molecule has 0 radical (unpaired) electrons. The first-order chi connectivity index (χ1) is 13.3. The van der Waals surface area contributed by atoms with E-state index in [-0.39, 0.29) is 0 Å². The molecule has 27 heavy (non-hydrogen) atoms. The van der Waals surface area contributed by atoms with E-state index in [0.29, 0.717) is 0 Å². The maximum absolute atomic E-state index is 5.78. The number of aromatic nitrogens is 1. The molecule has 2 aromatic rings. The van der Waals surface area contributed by atoms with Crippen molar-refractivity contribution >= 4 is 0 Å². The molecular weight excluding hydrogens is 330 g/mol. The van der Waals surface area contributed by atoms with Crippen LogP contribution in [0.25, 0.3) is 0 Å². The molecule has 2 rings (SSSR count). The number of benzene rings is 1. The molecule has 1 aromatic heterocycles. The highest BCUT2D eigenvalue weighted by atomic mass is 16.5. The maximum Gasteiger partial charge on any atom is 0.119 e. The molecule has 0 aliphatic rings. The Morgan fingerprint density at radius 3 is 2.07 bits per heavy atom. The monoisotopic (exact) mass is 367 g/mol. The first-order valence-electron chi connectivity index (χ1n) is 11.0. The zero-order chi connectivity index (χ0) is 19.2. The Hall–Kier alpha value is -1.83. The average Bonchev–Trinajstić information content (AvgIpc) is 2.71.